The molecule has 7 heteroatoms. The molecule has 1 aromatic heterocycles. The van der Waals surface area contributed by atoms with Crippen LogP contribution in [0.3, 0.4) is 0 Å². The molecule has 0 atom stereocenters. The summed E-state index contributed by atoms with van der Waals surface area (Å²) in [6, 6.07) is 5.15. The number of nitrogens with zero attached hydrogens (tertiary/aromatic N) is 1. The quantitative estimate of drug-likeness (QED) is 0.637. The van der Waals surface area contributed by atoms with E-state index in [0.717, 1.165) is 12.1 Å². The van der Waals surface area contributed by atoms with Gasteiger partial charge >= 0.3 is 12.1 Å². The van der Waals surface area contributed by atoms with E-state index in [-0.39, 0.29) is 11.3 Å². The maximum Gasteiger partial charge on any atom is 0.416 e. The summed E-state index contributed by atoms with van der Waals surface area (Å²) >= 11 is 1.21. The number of hydrogen-bond donors (Lipinski definition) is 0. The Bertz CT molecular complexity index is 686. The van der Waals surface area contributed by atoms with Crippen molar-refractivity contribution >= 4 is 28.6 Å². The lowest BCUT2D eigenvalue weighted by atomic mass is 10.1. The highest BCUT2D eigenvalue weighted by atomic mass is 32.2. The molecule has 2 rings (SSSR count). The number of aromatic nitrogens is 1. The van der Waals surface area contributed by atoms with E-state index in [4.69, 9.17) is 0 Å². The number of carbonyl (C=O) groups is 1. The number of hydrogen-bond acceptors (Lipinski definition) is 4. The van der Waals surface area contributed by atoms with Crippen LogP contribution in [0.1, 0.15) is 11.3 Å². The Morgan fingerprint density at radius 2 is 2.05 bits per heavy atom. The predicted molar refractivity (Wildman–Crippen MR) is 74.2 cm³/mol. The maximum absolute atomic E-state index is 12.7. The monoisotopic (exact) mass is 315 g/mol. The fourth-order valence-electron chi connectivity index (χ4n) is 1.81. The van der Waals surface area contributed by atoms with Crippen LogP contribution < -0.4 is 0 Å². The van der Waals surface area contributed by atoms with Crippen molar-refractivity contribution in [1.29, 1.82) is 0 Å². The number of fused-ring (bicyclic) bond motifs is 1. The summed E-state index contributed by atoms with van der Waals surface area (Å²) in [6.45, 7) is 1.70. The predicted octanol–water partition coefficient (Wildman–Crippen LogP) is 3.83. The van der Waals surface area contributed by atoms with E-state index in [9.17, 15) is 18.0 Å². The van der Waals surface area contributed by atoms with Crippen molar-refractivity contribution in [3.63, 3.8) is 0 Å². The number of benzene rings is 1. The number of aryl methyl sites for hydroxylation is 1. The van der Waals surface area contributed by atoms with E-state index in [2.05, 4.69) is 9.72 Å². The van der Waals surface area contributed by atoms with Crippen molar-refractivity contribution in [3.8, 4) is 0 Å². The van der Waals surface area contributed by atoms with Crippen molar-refractivity contribution in [2.24, 2.45) is 0 Å². The van der Waals surface area contributed by atoms with Crippen molar-refractivity contribution in [2.45, 2.75) is 18.0 Å². The van der Waals surface area contributed by atoms with Gasteiger partial charge in [-0.05, 0) is 25.1 Å². The van der Waals surface area contributed by atoms with Gasteiger partial charge in [-0.1, -0.05) is 6.07 Å². The first-order valence-electron chi connectivity index (χ1n) is 5.99. The topological polar surface area (TPSA) is 39.2 Å². The second-order valence-corrected chi connectivity index (χ2v) is 5.37. The van der Waals surface area contributed by atoms with Crippen molar-refractivity contribution in [1.82, 2.24) is 4.98 Å². The average Bonchev–Trinajstić information content (AvgIpc) is 2.42. The Morgan fingerprint density at radius 1 is 1.33 bits per heavy atom. The van der Waals surface area contributed by atoms with Crippen LogP contribution in [0, 0.1) is 6.92 Å². The number of ether oxygens (including phenoxy) is 1. The third-order valence-electron chi connectivity index (χ3n) is 2.80. The van der Waals surface area contributed by atoms with Gasteiger partial charge in [-0.2, -0.15) is 13.2 Å². The van der Waals surface area contributed by atoms with E-state index in [1.165, 1.54) is 24.9 Å². The van der Waals surface area contributed by atoms with Gasteiger partial charge in [-0.25, -0.2) is 0 Å². The van der Waals surface area contributed by atoms with Gasteiger partial charge in [-0.15, -0.1) is 11.8 Å². The van der Waals surface area contributed by atoms with Crippen LogP contribution in [0.5, 0.6) is 0 Å². The largest absolute Gasteiger partial charge is 0.468 e. The molecule has 0 aliphatic rings. The minimum atomic E-state index is -4.40. The van der Waals surface area contributed by atoms with Crippen LogP contribution in [0.25, 0.3) is 10.9 Å². The Morgan fingerprint density at radius 3 is 2.67 bits per heavy atom. The lowest BCUT2D eigenvalue weighted by Crippen LogP contribution is -2.05. The van der Waals surface area contributed by atoms with Crippen molar-refractivity contribution in [2.75, 3.05) is 12.9 Å². The average molecular weight is 315 g/mol. The standard InChI is InChI=1S/C14H12F3NO2S/c1-8-5-12(21-7-13(19)20-2)10-4-3-9(14(15,16)17)6-11(10)18-8/h3-6H,7H2,1-2H3. The summed E-state index contributed by atoms with van der Waals surface area (Å²) in [7, 11) is 1.29. The molecule has 0 unspecified atom stereocenters. The zero-order valence-corrected chi connectivity index (χ0v) is 12.1. The van der Waals surface area contributed by atoms with Gasteiger partial charge < -0.3 is 4.74 Å². The smallest absolute Gasteiger partial charge is 0.416 e. The number of halogens is 3. The second-order valence-electron chi connectivity index (χ2n) is 4.36. The Hall–Kier alpha value is -1.76. The molecule has 0 bridgehead atoms. The highest BCUT2D eigenvalue weighted by molar-refractivity contribution is 8.00. The van der Waals surface area contributed by atoms with Crippen molar-refractivity contribution in [3.05, 3.63) is 35.5 Å². The summed E-state index contributed by atoms with van der Waals surface area (Å²) in [5.74, 6) is -0.301. The first-order valence-corrected chi connectivity index (χ1v) is 6.98. The molecule has 21 heavy (non-hydrogen) atoms. The van der Waals surface area contributed by atoms with E-state index in [0.29, 0.717) is 16.0 Å². The van der Waals surface area contributed by atoms with E-state index < -0.39 is 17.7 Å². The highest BCUT2D eigenvalue weighted by Gasteiger charge is 2.30. The number of pyridine rings is 1. The Kier molecular flexibility index (Phi) is 4.41. The van der Waals surface area contributed by atoms with E-state index in [1.807, 2.05) is 0 Å². The number of esters is 1. The first-order chi connectivity index (χ1) is 9.81. The molecule has 0 amide bonds. The molecule has 3 nitrogen and oxygen atoms in total. The zero-order valence-electron chi connectivity index (χ0n) is 11.3. The summed E-state index contributed by atoms with van der Waals surface area (Å²) in [5.41, 5.74) is 0.114. The number of thioether (sulfide) groups is 1. The fraction of sp³-hybridized carbons (Fsp3) is 0.286. The van der Waals surface area contributed by atoms with Gasteiger partial charge in [0, 0.05) is 16.0 Å². The molecule has 0 aliphatic heterocycles. The molecule has 0 saturated heterocycles. The molecule has 0 saturated carbocycles. The van der Waals surface area contributed by atoms with Gasteiger partial charge in [0.05, 0.1) is 23.9 Å². The fourth-order valence-corrected chi connectivity index (χ4v) is 2.79. The summed E-state index contributed by atoms with van der Waals surface area (Å²) in [5, 5.41) is 0.586. The van der Waals surface area contributed by atoms with Gasteiger partial charge in [0.25, 0.3) is 0 Å². The Balaban J connectivity index is 2.45. The summed E-state index contributed by atoms with van der Waals surface area (Å²) in [6.07, 6.45) is -4.40. The highest BCUT2D eigenvalue weighted by Crippen LogP contribution is 2.34. The molecule has 0 aliphatic carbocycles. The van der Waals surface area contributed by atoms with Crippen LogP contribution in [-0.4, -0.2) is 23.8 Å². The number of methoxy groups -OCH3 is 1. The summed E-state index contributed by atoms with van der Waals surface area (Å²) in [4.78, 5) is 16.0. The van der Waals surface area contributed by atoms with Crippen LogP contribution in [0.2, 0.25) is 0 Å². The zero-order chi connectivity index (χ0) is 15.6. The SMILES string of the molecule is COC(=O)CSc1cc(C)nc2cc(C(F)(F)F)ccc12. The molecule has 1 heterocycles. The lowest BCUT2D eigenvalue weighted by Gasteiger charge is -2.10. The van der Waals surface area contributed by atoms with E-state index >= 15 is 0 Å². The number of alkyl halides is 3. The second kappa shape index (κ2) is 5.93. The lowest BCUT2D eigenvalue weighted by molar-refractivity contribution is -0.138. The normalized spacial score (nSPS) is 11.7. The van der Waals surface area contributed by atoms with Crippen LogP contribution in [0.15, 0.2) is 29.2 Å². The van der Waals surface area contributed by atoms with Gasteiger partial charge in [-0.3, -0.25) is 9.78 Å². The third-order valence-corrected chi connectivity index (χ3v) is 3.83. The molecular weight excluding hydrogens is 303 g/mol. The Labute approximate surface area is 123 Å². The van der Waals surface area contributed by atoms with Crippen LogP contribution in [-0.2, 0) is 15.7 Å². The number of carbonyl (C=O) groups excluding carboxylic acids is 1. The molecule has 0 radical (unpaired) electrons. The first kappa shape index (κ1) is 15.6. The summed E-state index contributed by atoms with van der Waals surface area (Å²) < 4.78 is 42.7. The molecule has 0 N–H and O–H groups in total. The number of rotatable bonds is 3. The van der Waals surface area contributed by atoms with Gasteiger partial charge in [0.1, 0.15) is 0 Å². The molecule has 2 aromatic rings. The maximum atomic E-state index is 12.7. The molecule has 112 valence electrons. The minimum absolute atomic E-state index is 0.0933. The molecular formula is C14H12F3NO2S. The minimum Gasteiger partial charge on any atom is -0.468 e. The van der Waals surface area contributed by atoms with Crippen LogP contribution >= 0.6 is 11.8 Å². The van der Waals surface area contributed by atoms with Crippen LogP contribution in [0.4, 0.5) is 13.2 Å². The molecule has 1 aromatic carbocycles. The third kappa shape index (κ3) is 3.66. The van der Waals surface area contributed by atoms with Crippen molar-refractivity contribution < 1.29 is 22.7 Å². The molecule has 0 spiro atoms. The van der Waals surface area contributed by atoms with Gasteiger partial charge in [0.15, 0.2) is 0 Å². The molecule has 0 fully saturated rings. The van der Waals surface area contributed by atoms with E-state index in [1.54, 1.807) is 13.0 Å². The van der Waals surface area contributed by atoms with Gasteiger partial charge in [0.2, 0.25) is 0 Å².